The number of hydrogen-bond donors (Lipinski definition) is 3. The molecule has 0 aliphatic heterocycles. The molecule has 116 valence electrons. The number of hydrogen-bond acceptors (Lipinski definition) is 4. The molecule has 0 bridgehead atoms. The number of thiophene rings is 1. The molecule has 3 N–H and O–H groups in total. The highest BCUT2D eigenvalue weighted by Gasteiger charge is 2.24. The van der Waals surface area contributed by atoms with Crippen LogP contribution in [0.15, 0.2) is 6.07 Å². The van der Waals surface area contributed by atoms with E-state index in [-0.39, 0.29) is 11.8 Å². The van der Waals surface area contributed by atoms with Gasteiger partial charge in [0.2, 0.25) is 5.91 Å². The fraction of sp³-hybridized carbons (Fsp3) is 0.500. The van der Waals surface area contributed by atoms with Crippen molar-refractivity contribution >= 4 is 34.1 Å². The van der Waals surface area contributed by atoms with Crippen LogP contribution in [0.4, 0.5) is 5.00 Å². The van der Waals surface area contributed by atoms with Crippen molar-refractivity contribution in [1.29, 1.82) is 0 Å². The molecule has 0 fully saturated rings. The molecule has 0 aliphatic rings. The Balaban J connectivity index is 2.92. The van der Waals surface area contributed by atoms with Crippen molar-refractivity contribution in [1.82, 2.24) is 5.32 Å². The second-order valence-electron chi connectivity index (χ2n) is 5.27. The minimum absolute atomic E-state index is 0.144. The lowest BCUT2D eigenvalue weighted by Gasteiger charge is -2.16. The van der Waals surface area contributed by atoms with Gasteiger partial charge in [-0.3, -0.25) is 9.59 Å². The van der Waals surface area contributed by atoms with E-state index >= 15 is 0 Å². The van der Waals surface area contributed by atoms with Gasteiger partial charge in [-0.05, 0) is 25.3 Å². The quantitative estimate of drug-likeness (QED) is 0.750. The lowest BCUT2D eigenvalue weighted by atomic mass is 10.0. The largest absolute Gasteiger partial charge is 0.480 e. The van der Waals surface area contributed by atoms with E-state index in [0.29, 0.717) is 17.0 Å². The third kappa shape index (κ3) is 5.18. The zero-order valence-electron chi connectivity index (χ0n) is 12.5. The number of aryl methyl sites for hydroxylation is 1. The van der Waals surface area contributed by atoms with Crippen LogP contribution in [0.5, 0.6) is 0 Å². The van der Waals surface area contributed by atoms with Gasteiger partial charge in [0.1, 0.15) is 11.0 Å². The van der Waals surface area contributed by atoms with Crippen LogP contribution in [0.3, 0.4) is 0 Å². The fourth-order valence-electron chi connectivity index (χ4n) is 1.86. The molecular weight excluding hydrogens is 292 g/mol. The predicted octanol–water partition coefficient (Wildman–Crippen LogP) is 2.24. The Morgan fingerprint density at radius 1 is 1.33 bits per heavy atom. The van der Waals surface area contributed by atoms with Crippen LogP contribution in [0.2, 0.25) is 0 Å². The first-order chi connectivity index (χ1) is 9.70. The van der Waals surface area contributed by atoms with E-state index in [2.05, 4.69) is 10.6 Å². The van der Waals surface area contributed by atoms with Crippen LogP contribution < -0.4 is 10.6 Å². The Labute approximate surface area is 127 Å². The van der Waals surface area contributed by atoms with Gasteiger partial charge >= 0.3 is 5.97 Å². The SMILES string of the molecule is CC(=O)Nc1sc(C)cc1C(=O)NC(CC(C)C)C(=O)O. The number of carbonyl (C=O) groups excluding carboxylic acids is 2. The van der Waals surface area contributed by atoms with Gasteiger partial charge in [-0.15, -0.1) is 11.3 Å². The molecule has 0 radical (unpaired) electrons. The lowest BCUT2D eigenvalue weighted by molar-refractivity contribution is -0.139. The maximum absolute atomic E-state index is 12.2. The zero-order chi connectivity index (χ0) is 16.2. The molecule has 21 heavy (non-hydrogen) atoms. The summed E-state index contributed by atoms with van der Waals surface area (Å²) in [4.78, 5) is 35.4. The summed E-state index contributed by atoms with van der Waals surface area (Å²) in [6.07, 6.45) is 0.347. The normalized spacial score (nSPS) is 12.0. The fourth-order valence-corrected chi connectivity index (χ4v) is 2.82. The zero-order valence-corrected chi connectivity index (χ0v) is 13.3. The topological polar surface area (TPSA) is 95.5 Å². The maximum atomic E-state index is 12.2. The van der Waals surface area contributed by atoms with Crippen LogP contribution in [-0.4, -0.2) is 28.9 Å². The summed E-state index contributed by atoms with van der Waals surface area (Å²) in [5.74, 6) is -1.69. The Kier molecular flexibility index (Phi) is 5.90. The van der Waals surface area contributed by atoms with Gasteiger partial charge in [-0.2, -0.15) is 0 Å². The van der Waals surface area contributed by atoms with Crippen LogP contribution in [-0.2, 0) is 9.59 Å². The molecule has 1 rings (SSSR count). The van der Waals surface area contributed by atoms with Crippen molar-refractivity contribution in [3.8, 4) is 0 Å². The van der Waals surface area contributed by atoms with E-state index in [0.717, 1.165) is 4.88 Å². The van der Waals surface area contributed by atoms with Crippen LogP contribution in [0, 0.1) is 12.8 Å². The maximum Gasteiger partial charge on any atom is 0.326 e. The van der Waals surface area contributed by atoms with Crippen molar-refractivity contribution in [2.75, 3.05) is 5.32 Å². The summed E-state index contributed by atoms with van der Waals surface area (Å²) in [6, 6.07) is 0.697. The van der Waals surface area contributed by atoms with Gasteiger partial charge in [0.05, 0.1) is 5.56 Å². The number of rotatable bonds is 6. The monoisotopic (exact) mass is 312 g/mol. The smallest absolute Gasteiger partial charge is 0.326 e. The van der Waals surface area contributed by atoms with E-state index < -0.39 is 17.9 Å². The highest BCUT2D eigenvalue weighted by Crippen LogP contribution is 2.27. The molecule has 1 atom stereocenters. The van der Waals surface area contributed by atoms with E-state index in [1.54, 1.807) is 6.07 Å². The molecule has 6 nitrogen and oxygen atoms in total. The van der Waals surface area contributed by atoms with Crippen LogP contribution in [0.1, 0.15) is 42.4 Å². The molecule has 7 heteroatoms. The molecule has 0 saturated carbocycles. The number of carbonyl (C=O) groups is 3. The van der Waals surface area contributed by atoms with Crippen molar-refractivity contribution in [3.63, 3.8) is 0 Å². The second kappa shape index (κ2) is 7.21. The van der Waals surface area contributed by atoms with Gasteiger partial charge in [0.25, 0.3) is 5.91 Å². The summed E-state index contributed by atoms with van der Waals surface area (Å²) >= 11 is 1.28. The molecule has 1 aromatic rings. The van der Waals surface area contributed by atoms with Gasteiger partial charge in [-0.25, -0.2) is 4.79 Å². The van der Waals surface area contributed by atoms with Crippen molar-refractivity contribution < 1.29 is 19.5 Å². The first-order valence-electron chi connectivity index (χ1n) is 6.62. The summed E-state index contributed by atoms with van der Waals surface area (Å²) in [5, 5.41) is 14.7. The lowest BCUT2D eigenvalue weighted by Crippen LogP contribution is -2.41. The van der Waals surface area contributed by atoms with Crippen molar-refractivity contribution in [2.24, 2.45) is 5.92 Å². The van der Waals surface area contributed by atoms with Crippen molar-refractivity contribution in [3.05, 3.63) is 16.5 Å². The summed E-state index contributed by atoms with van der Waals surface area (Å²) in [6.45, 7) is 6.95. The average molecular weight is 312 g/mol. The van der Waals surface area contributed by atoms with Gasteiger partial charge < -0.3 is 15.7 Å². The predicted molar refractivity (Wildman–Crippen MR) is 81.7 cm³/mol. The number of amides is 2. The first-order valence-corrected chi connectivity index (χ1v) is 7.44. The number of carboxylic acid groups (broad SMARTS) is 1. The molecule has 1 heterocycles. The first kappa shape index (κ1) is 17.2. The Hall–Kier alpha value is -1.89. The van der Waals surface area contributed by atoms with E-state index in [1.165, 1.54) is 18.3 Å². The number of carboxylic acids is 1. The molecule has 1 unspecified atom stereocenters. The van der Waals surface area contributed by atoms with E-state index in [4.69, 9.17) is 5.11 Å². The summed E-state index contributed by atoms with van der Waals surface area (Å²) in [5.41, 5.74) is 0.294. The molecular formula is C14H20N2O4S. The molecule has 1 aromatic heterocycles. The molecule has 0 aromatic carbocycles. The summed E-state index contributed by atoms with van der Waals surface area (Å²) in [7, 11) is 0. The molecule has 0 aliphatic carbocycles. The average Bonchev–Trinajstić information content (AvgIpc) is 2.67. The van der Waals surface area contributed by atoms with E-state index in [9.17, 15) is 14.4 Å². The standard InChI is InChI=1S/C14H20N2O4S/c1-7(2)5-11(14(19)20)16-12(18)10-6-8(3)21-13(10)15-9(4)17/h6-7,11H,5H2,1-4H3,(H,15,17)(H,16,18)(H,19,20). The minimum Gasteiger partial charge on any atom is -0.480 e. The van der Waals surface area contributed by atoms with Gasteiger partial charge in [0, 0.05) is 11.8 Å². The number of aliphatic carboxylic acids is 1. The summed E-state index contributed by atoms with van der Waals surface area (Å²) < 4.78 is 0. The Bertz CT molecular complexity index is 551. The van der Waals surface area contributed by atoms with Crippen LogP contribution in [0.25, 0.3) is 0 Å². The van der Waals surface area contributed by atoms with E-state index in [1.807, 2.05) is 20.8 Å². The molecule has 0 spiro atoms. The third-order valence-corrected chi connectivity index (χ3v) is 3.67. The third-order valence-electron chi connectivity index (χ3n) is 2.70. The highest BCUT2D eigenvalue weighted by atomic mass is 32.1. The van der Waals surface area contributed by atoms with Gasteiger partial charge in [-0.1, -0.05) is 13.8 Å². The number of nitrogens with one attached hydrogen (secondary N) is 2. The molecule has 0 saturated heterocycles. The Morgan fingerprint density at radius 2 is 1.95 bits per heavy atom. The van der Waals surface area contributed by atoms with Crippen molar-refractivity contribution in [2.45, 2.75) is 40.2 Å². The second-order valence-corrected chi connectivity index (χ2v) is 6.53. The molecule has 2 amide bonds. The Morgan fingerprint density at radius 3 is 2.43 bits per heavy atom. The minimum atomic E-state index is -1.06. The van der Waals surface area contributed by atoms with Gasteiger partial charge in [0.15, 0.2) is 0 Å². The highest BCUT2D eigenvalue weighted by molar-refractivity contribution is 7.16. The number of anilines is 1. The van der Waals surface area contributed by atoms with Crippen LogP contribution >= 0.6 is 11.3 Å².